The molecule has 184 valence electrons. The first-order valence-electron chi connectivity index (χ1n) is 11.5. The lowest BCUT2D eigenvalue weighted by atomic mass is 9.96. The van der Waals surface area contributed by atoms with Gasteiger partial charge in [-0.15, -0.1) is 0 Å². The molecule has 0 aromatic heterocycles. The van der Waals surface area contributed by atoms with Crippen molar-refractivity contribution >= 4 is 27.6 Å². The van der Waals surface area contributed by atoms with E-state index in [4.69, 9.17) is 11.5 Å². The number of para-hydroxylation sites is 1. The van der Waals surface area contributed by atoms with Gasteiger partial charge in [0.15, 0.2) is 5.96 Å². The first-order valence-corrected chi connectivity index (χ1v) is 13.0. The van der Waals surface area contributed by atoms with Gasteiger partial charge in [-0.2, -0.15) is 4.72 Å². The van der Waals surface area contributed by atoms with E-state index in [9.17, 15) is 18.3 Å². The van der Waals surface area contributed by atoms with Crippen molar-refractivity contribution in [1.82, 2.24) is 9.62 Å². The summed E-state index contributed by atoms with van der Waals surface area (Å²) in [5.74, 6) is 0.0880. The number of aliphatic imine (C=N–C) groups is 1. The number of benzene rings is 1. The van der Waals surface area contributed by atoms with Crippen molar-refractivity contribution < 1.29 is 18.3 Å². The molecule has 11 heteroatoms. The lowest BCUT2D eigenvalue weighted by Gasteiger charge is -2.34. The summed E-state index contributed by atoms with van der Waals surface area (Å²) >= 11 is 0. The molecule has 1 aromatic carbocycles. The fourth-order valence-electron chi connectivity index (χ4n) is 4.52. The van der Waals surface area contributed by atoms with Gasteiger partial charge in [0.25, 0.3) is 0 Å². The number of nitrogens with two attached hydrogens (primary N) is 2. The van der Waals surface area contributed by atoms with Crippen molar-refractivity contribution in [2.75, 3.05) is 38.1 Å². The van der Waals surface area contributed by atoms with Crippen LogP contribution in [0.3, 0.4) is 0 Å². The van der Waals surface area contributed by atoms with Gasteiger partial charge in [-0.25, -0.2) is 8.42 Å². The summed E-state index contributed by atoms with van der Waals surface area (Å²) in [7, 11) is -3.97. The number of carbonyl (C=O) groups excluding carboxylic acids is 1. The zero-order chi connectivity index (χ0) is 24.0. The number of nitrogens with one attached hydrogen (secondary N) is 2. The highest BCUT2D eigenvalue weighted by atomic mass is 32.2. The molecule has 7 N–H and O–H groups in total. The van der Waals surface area contributed by atoms with Gasteiger partial charge in [-0.3, -0.25) is 9.79 Å². The van der Waals surface area contributed by atoms with Gasteiger partial charge >= 0.3 is 0 Å². The highest BCUT2D eigenvalue weighted by Crippen LogP contribution is 2.31. The highest BCUT2D eigenvalue weighted by molar-refractivity contribution is 7.89. The Labute approximate surface area is 195 Å². The molecule has 33 heavy (non-hydrogen) atoms. The largest absolute Gasteiger partial charge is 0.396 e. The summed E-state index contributed by atoms with van der Waals surface area (Å²) in [6, 6.07) is 4.28. The monoisotopic (exact) mass is 480 g/mol. The van der Waals surface area contributed by atoms with E-state index in [-0.39, 0.29) is 35.7 Å². The van der Waals surface area contributed by atoms with E-state index in [0.29, 0.717) is 44.2 Å². The summed E-state index contributed by atoms with van der Waals surface area (Å²) in [5, 5.41) is 12.8. The molecule has 0 saturated carbocycles. The molecule has 1 unspecified atom stereocenters. The van der Waals surface area contributed by atoms with Crippen LogP contribution in [0.5, 0.6) is 0 Å². The highest BCUT2D eigenvalue weighted by Gasteiger charge is 2.33. The third kappa shape index (κ3) is 6.58. The predicted octanol–water partition coefficient (Wildman–Crippen LogP) is 0.222. The van der Waals surface area contributed by atoms with E-state index in [0.717, 1.165) is 24.8 Å². The number of carbonyl (C=O) groups is 1. The van der Waals surface area contributed by atoms with Crippen molar-refractivity contribution in [1.29, 1.82) is 0 Å². The Kier molecular flexibility index (Phi) is 8.55. The average Bonchev–Trinajstić information content (AvgIpc) is 2.79. The zero-order valence-electron chi connectivity index (χ0n) is 19.2. The van der Waals surface area contributed by atoms with E-state index < -0.39 is 16.1 Å². The lowest BCUT2D eigenvalue weighted by molar-refractivity contribution is -0.135. The first kappa shape index (κ1) is 25.3. The van der Waals surface area contributed by atoms with Gasteiger partial charge in [0.2, 0.25) is 15.9 Å². The number of sulfonamides is 1. The molecule has 1 amide bonds. The number of piperidine rings is 1. The molecule has 2 aliphatic heterocycles. The van der Waals surface area contributed by atoms with E-state index in [1.54, 1.807) is 17.0 Å². The van der Waals surface area contributed by atoms with Crippen LogP contribution in [0.2, 0.25) is 0 Å². The molecule has 0 aliphatic carbocycles. The normalized spacial score (nSPS) is 21.6. The standard InChI is InChI=1S/C22H36N6O4S/c1-15-11-17-6-2-8-19(20(17)26-12-15)33(31,32)27-18(7-3-9-25-22(23)24)21(30)28-10-4-5-16(13-28)14-29/h2,6,8,15-16,18,26-27,29H,3-5,7,9-14H2,1H3,(H4,23,24,25)/t15?,16-,18+/m1/s1. The Morgan fingerprint density at radius 1 is 1.39 bits per heavy atom. The lowest BCUT2D eigenvalue weighted by Crippen LogP contribution is -2.51. The number of guanidine groups is 1. The van der Waals surface area contributed by atoms with Gasteiger partial charge in [-0.1, -0.05) is 19.1 Å². The van der Waals surface area contributed by atoms with Gasteiger partial charge in [-0.05, 0) is 55.6 Å². The summed E-state index contributed by atoms with van der Waals surface area (Å²) in [4.78, 5) is 19.1. The second kappa shape index (κ2) is 11.2. The van der Waals surface area contributed by atoms with E-state index in [1.807, 2.05) is 6.07 Å². The number of aliphatic hydroxyl groups excluding tert-OH is 1. The van der Waals surface area contributed by atoms with Gasteiger partial charge < -0.3 is 26.8 Å². The first-order chi connectivity index (χ1) is 15.7. The summed E-state index contributed by atoms with van der Waals surface area (Å²) in [5.41, 5.74) is 12.3. The maximum absolute atomic E-state index is 13.4. The van der Waals surface area contributed by atoms with Crippen LogP contribution in [0, 0.1) is 11.8 Å². The van der Waals surface area contributed by atoms with Crippen molar-refractivity contribution in [2.45, 2.75) is 50.0 Å². The van der Waals surface area contributed by atoms with E-state index in [1.165, 1.54) is 0 Å². The number of aliphatic hydroxyl groups is 1. The summed E-state index contributed by atoms with van der Waals surface area (Å²) < 4.78 is 29.5. The van der Waals surface area contributed by atoms with Crippen molar-refractivity contribution in [3.63, 3.8) is 0 Å². The number of likely N-dealkylation sites (tertiary alicyclic amines) is 1. The van der Waals surface area contributed by atoms with Crippen LogP contribution < -0.4 is 21.5 Å². The third-order valence-corrected chi connectivity index (χ3v) is 7.74. The molecule has 1 fully saturated rings. The Balaban J connectivity index is 1.82. The average molecular weight is 481 g/mol. The number of amides is 1. The molecule has 2 aliphatic rings. The second-order valence-corrected chi connectivity index (χ2v) is 10.8. The zero-order valence-corrected chi connectivity index (χ0v) is 20.0. The van der Waals surface area contributed by atoms with Crippen LogP contribution in [-0.2, 0) is 21.2 Å². The molecular formula is C22H36N6O4S. The number of hydrogen-bond acceptors (Lipinski definition) is 6. The molecule has 3 rings (SSSR count). The maximum Gasteiger partial charge on any atom is 0.243 e. The SMILES string of the molecule is CC1CNc2c(cccc2S(=O)(=O)N[C@@H](CCCN=C(N)N)C(=O)N2CCC[C@@H](CO)C2)C1. The molecule has 0 radical (unpaired) electrons. The number of rotatable bonds is 9. The Morgan fingerprint density at radius 2 is 2.18 bits per heavy atom. The fourth-order valence-corrected chi connectivity index (χ4v) is 5.97. The summed E-state index contributed by atoms with van der Waals surface area (Å²) in [6.07, 6.45) is 3.12. The molecule has 0 bridgehead atoms. The predicted molar refractivity (Wildman–Crippen MR) is 128 cm³/mol. The van der Waals surface area contributed by atoms with Gasteiger partial charge in [0, 0.05) is 32.8 Å². The minimum absolute atomic E-state index is 0.00487. The minimum atomic E-state index is -3.97. The number of anilines is 1. The minimum Gasteiger partial charge on any atom is -0.396 e. The van der Waals surface area contributed by atoms with Crippen LogP contribution >= 0.6 is 0 Å². The molecule has 0 spiro atoms. The smallest absolute Gasteiger partial charge is 0.243 e. The Morgan fingerprint density at radius 3 is 2.91 bits per heavy atom. The number of hydrogen-bond donors (Lipinski definition) is 5. The Bertz CT molecular complexity index is 964. The molecular weight excluding hydrogens is 444 g/mol. The number of nitrogens with zero attached hydrogens (tertiary/aromatic N) is 2. The Hall–Kier alpha value is -2.37. The quantitative estimate of drug-likeness (QED) is 0.192. The van der Waals surface area contributed by atoms with Gasteiger partial charge in [0.05, 0.1) is 5.69 Å². The van der Waals surface area contributed by atoms with Crippen molar-refractivity contribution in [3.05, 3.63) is 23.8 Å². The molecule has 1 saturated heterocycles. The van der Waals surface area contributed by atoms with Crippen LogP contribution in [0.25, 0.3) is 0 Å². The van der Waals surface area contributed by atoms with Crippen LogP contribution in [-0.4, -0.2) is 69.1 Å². The van der Waals surface area contributed by atoms with Gasteiger partial charge in [0.1, 0.15) is 10.9 Å². The van der Waals surface area contributed by atoms with Crippen molar-refractivity contribution in [2.24, 2.45) is 28.3 Å². The topological polar surface area (TPSA) is 163 Å². The van der Waals surface area contributed by atoms with E-state index in [2.05, 4.69) is 22.0 Å². The molecule has 2 heterocycles. The van der Waals surface area contributed by atoms with E-state index >= 15 is 0 Å². The van der Waals surface area contributed by atoms with Crippen LogP contribution in [0.1, 0.15) is 38.2 Å². The van der Waals surface area contributed by atoms with Crippen LogP contribution in [0.4, 0.5) is 5.69 Å². The third-order valence-electron chi connectivity index (χ3n) is 6.23. The van der Waals surface area contributed by atoms with Crippen molar-refractivity contribution in [3.8, 4) is 0 Å². The second-order valence-electron chi connectivity index (χ2n) is 9.08. The summed E-state index contributed by atoms with van der Waals surface area (Å²) in [6.45, 7) is 4.07. The molecule has 1 aromatic rings. The fraction of sp³-hybridized carbons (Fsp3) is 0.636. The number of fused-ring (bicyclic) bond motifs is 1. The molecule has 3 atom stereocenters. The maximum atomic E-state index is 13.4. The van der Waals surface area contributed by atoms with Crippen LogP contribution in [0.15, 0.2) is 28.1 Å². The molecule has 10 nitrogen and oxygen atoms in total.